The molecule has 1 N–H and O–H groups in total. The highest BCUT2D eigenvalue weighted by molar-refractivity contribution is 8.13. The zero-order chi connectivity index (χ0) is 10.5. The Kier molecular flexibility index (Phi) is 3.66. The average Bonchev–Trinajstić information content (AvgIpc) is 2.66. The average molecular weight is 224 g/mol. The maximum Gasteiger partial charge on any atom is 0.156 e. The van der Waals surface area contributed by atoms with E-state index in [4.69, 9.17) is 0 Å². The molecule has 15 heavy (non-hydrogen) atoms. The van der Waals surface area contributed by atoms with Crippen molar-refractivity contribution >= 4 is 16.9 Å². The van der Waals surface area contributed by atoms with Gasteiger partial charge in [-0.15, -0.1) is 0 Å². The number of aryl methyl sites for hydroxylation is 1. The molecular weight excluding hydrogens is 208 g/mol. The van der Waals surface area contributed by atoms with Crippen molar-refractivity contribution in [2.45, 2.75) is 12.8 Å². The molecule has 1 aliphatic rings. The van der Waals surface area contributed by atoms with Gasteiger partial charge in [0.25, 0.3) is 0 Å². The third-order valence-corrected chi connectivity index (χ3v) is 3.42. The third-order valence-electron chi connectivity index (χ3n) is 2.38. The molecule has 1 aromatic rings. The third kappa shape index (κ3) is 2.99. The van der Waals surface area contributed by atoms with E-state index in [2.05, 4.69) is 21.5 Å². The van der Waals surface area contributed by atoms with Gasteiger partial charge in [0.2, 0.25) is 0 Å². The van der Waals surface area contributed by atoms with Gasteiger partial charge in [-0.05, 0) is 12.5 Å². The number of thioether (sulfide) groups is 1. The van der Waals surface area contributed by atoms with Gasteiger partial charge in [0.1, 0.15) is 0 Å². The van der Waals surface area contributed by atoms with Gasteiger partial charge in [-0.2, -0.15) is 5.10 Å². The fourth-order valence-electron chi connectivity index (χ4n) is 1.51. The highest BCUT2D eigenvalue weighted by Gasteiger charge is 2.05. The fourth-order valence-corrected chi connectivity index (χ4v) is 2.36. The zero-order valence-electron chi connectivity index (χ0n) is 8.94. The number of nitrogens with one attached hydrogen (secondary N) is 1. The minimum atomic E-state index is 0.936. The van der Waals surface area contributed by atoms with Gasteiger partial charge in [0, 0.05) is 44.2 Å². The van der Waals surface area contributed by atoms with Crippen LogP contribution in [0.4, 0.5) is 0 Å². The van der Waals surface area contributed by atoms with Gasteiger partial charge in [-0.25, -0.2) is 0 Å². The summed E-state index contributed by atoms with van der Waals surface area (Å²) in [7, 11) is 1.97. The molecule has 82 valence electrons. The van der Waals surface area contributed by atoms with E-state index in [9.17, 15) is 0 Å². The van der Waals surface area contributed by atoms with Crippen LogP contribution in [0.1, 0.15) is 12.1 Å². The van der Waals surface area contributed by atoms with Gasteiger partial charge in [0.15, 0.2) is 5.17 Å². The quantitative estimate of drug-likeness (QED) is 0.834. The Hall–Kier alpha value is -0.970. The van der Waals surface area contributed by atoms with Crippen molar-refractivity contribution in [3.63, 3.8) is 0 Å². The van der Waals surface area contributed by atoms with Crippen molar-refractivity contribution in [1.29, 1.82) is 0 Å². The molecule has 2 heterocycles. The zero-order valence-corrected chi connectivity index (χ0v) is 9.76. The van der Waals surface area contributed by atoms with Crippen LogP contribution in [-0.4, -0.2) is 33.8 Å². The summed E-state index contributed by atoms with van der Waals surface area (Å²) in [5, 5.41) is 8.59. The van der Waals surface area contributed by atoms with Gasteiger partial charge < -0.3 is 5.32 Å². The van der Waals surface area contributed by atoms with E-state index in [1.54, 1.807) is 0 Å². The molecule has 4 nitrogen and oxygen atoms in total. The number of aliphatic imine (C=N–C) groups is 1. The first kappa shape index (κ1) is 10.5. The monoisotopic (exact) mass is 224 g/mol. The highest BCUT2D eigenvalue weighted by atomic mass is 32.2. The summed E-state index contributed by atoms with van der Waals surface area (Å²) in [6.07, 6.45) is 4.04. The lowest BCUT2D eigenvalue weighted by Gasteiger charge is -2.12. The van der Waals surface area contributed by atoms with Crippen molar-refractivity contribution in [3.8, 4) is 0 Å². The van der Waals surface area contributed by atoms with Crippen LogP contribution in [0.3, 0.4) is 0 Å². The first-order valence-electron chi connectivity index (χ1n) is 5.24. The standard InChI is InChI=1S/C10H16N4S/c1-14-9(4-7-13-14)3-6-12-10-11-5-2-8-15-10/h4,7H,2-3,5-6,8H2,1H3,(H,11,12). The summed E-state index contributed by atoms with van der Waals surface area (Å²) in [6.45, 7) is 1.91. The minimum Gasteiger partial charge on any atom is -0.365 e. The van der Waals surface area contributed by atoms with Crippen molar-refractivity contribution < 1.29 is 0 Å². The molecule has 0 aliphatic carbocycles. The Morgan fingerprint density at radius 1 is 1.60 bits per heavy atom. The minimum absolute atomic E-state index is 0.936. The Labute approximate surface area is 94.2 Å². The summed E-state index contributed by atoms with van der Waals surface area (Å²) in [5.41, 5.74) is 1.25. The second kappa shape index (κ2) is 5.21. The first-order chi connectivity index (χ1) is 7.36. The van der Waals surface area contributed by atoms with Crippen LogP contribution in [0, 0.1) is 0 Å². The topological polar surface area (TPSA) is 42.2 Å². The van der Waals surface area contributed by atoms with E-state index >= 15 is 0 Å². The lowest BCUT2D eigenvalue weighted by Crippen LogP contribution is -2.26. The van der Waals surface area contributed by atoms with Gasteiger partial charge in [-0.3, -0.25) is 9.67 Å². The predicted molar refractivity (Wildman–Crippen MR) is 64.3 cm³/mol. The van der Waals surface area contributed by atoms with Crippen LogP contribution in [0.5, 0.6) is 0 Å². The predicted octanol–water partition coefficient (Wildman–Crippen LogP) is 1.05. The van der Waals surface area contributed by atoms with E-state index in [1.807, 2.05) is 29.7 Å². The molecule has 0 fully saturated rings. The Bertz CT molecular complexity index is 345. The molecule has 0 amide bonds. The Balaban J connectivity index is 1.75. The lowest BCUT2D eigenvalue weighted by molar-refractivity contribution is 0.695. The van der Waals surface area contributed by atoms with E-state index < -0.39 is 0 Å². The second-order valence-electron chi connectivity index (χ2n) is 3.51. The van der Waals surface area contributed by atoms with E-state index in [-0.39, 0.29) is 0 Å². The van der Waals surface area contributed by atoms with Crippen LogP contribution in [0.25, 0.3) is 0 Å². The maximum atomic E-state index is 4.42. The van der Waals surface area contributed by atoms with E-state index in [0.717, 1.165) is 24.7 Å². The molecule has 0 aromatic carbocycles. The van der Waals surface area contributed by atoms with Gasteiger partial charge in [-0.1, -0.05) is 11.8 Å². The van der Waals surface area contributed by atoms with Crippen LogP contribution >= 0.6 is 11.8 Å². The lowest BCUT2D eigenvalue weighted by atomic mass is 10.3. The molecule has 0 bridgehead atoms. The van der Waals surface area contributed by atoms with Crippen LogP contribution in [-0.2, 0) is 13.5 Å². The maximum absolute atomic E-state index is 4.42. The summed E-state index contributed by atoms with van der Waals surface area (Å²) >= 11 is 1.82. The molecule has 5 heteroatoms. The van der Waals surface area contributed by atoms with Crippen molar-refractivity contribution in [3.05, 3.63) is 18.0 Å². The Morgan fingerprint density at radius 3 is 3.20 bits per heavy atom. The van der Waals surface area contributed by atoms with Gasteiger partial charge in [0.05, 0.1) is 0 Å². The molecule has 0 spiro atoms. The summed E-state index contributed by atoms with van der Waals surface area (Å²) in [5.74, 6) is 1.19. The Morgan fingerprint density at radius 2 is 2.53 bits per heavy atom. The second-order valence-corrected chi connectivity index (χ2v) is 4.60. The molecule has 0 radical (unpaired) electrons. The highest BCUT2D eigenvalue weighted by Crippen LogP contribution is 2.09. The smallest absolute Gasteiger partial charge is 0.156 e. The molecule has 1 aromatic heterocycles. The normalized spacial score (nSPS) is 16.2. The number of rotatable bonds is 3. The number of nitrogens with zero attached hydrogens (tertiary/aromatic N) is 3. The largest absolute Gasteiger partial charge is 0.365 e. The van der Waals surface area contributed by atoms with E-state index in [0.29, 0.717) is 0 Å². The SMILES string of the molecule is Cn1nccc1CCNC1=NCCCS1. The fraction of sp³-hybridized carbons (Fsp3) is 0.600. The van der Waals surface area contributed by atoms with Crippen LogP contribution in [0.15, 0.2) is 17.3 Å². The molecular formula is C10H16N4S. The molecule has 0 saturated carbocycles. The summed E-state index contributed by atoms with van der Waals surface area (Å²) in [4.78, 5) is 4.42. The van der Waals surface area contributed by atoms with Crippen molar-refractivity contribution in [2.24, 2.45) is 12.0 Å². The van der Waals surface area contributed by atoms with E-state index in [1.165, 1.54) is 17.9 Å². The molecule has 0 saturated heterocycles. The van der Waals surface area contributed by atoms with Gasteiger partial charge >= 0.3 is 0 Å². The molecule has 0 atom stereocenters. The molecule has 2 rings (SSSR count). The number of amidine groups is 1. The number of hydrogen-bond acceptors (Lipinski definition) is 4. The van der Waals surface area contributed by atoms with Crippen molar-refractivity contribution in [1.82, 2.24) is 15.1 Å². The number of aromatic nitrogens is 2. The molecule has 0 unspecified atom stereocenters. The summed E-state index contributed by atoms with van der Waals surface area (Å²) < 4.78 is 1.91. The number of hydrogen-bond donors (Lipinski definition) is 1. The summed E-state index contributed by atoms with van der Waals surface area (Å²) in [6, 6.07) is 2.05. The van der Waals surface area contributed by atoms with Crippen LogP contribution < -0.4 is 5.32 Å². The van der Waals surface area contributed by atoms with Crippen LogP contribution in [0.2, 0.25) is 0 Å². The molecule has 1 aliphatic heterocycles. The first-order valence-corrected chi connectivity index (χ1v) is 6.23. The van der Waals surface area contributed by atoms with Crippen molar-refractivity contribution in [2.75, 3.05) is 18.8 Å².